The van der Waals surface area contributed by atoms with Crippen molar-refractivity contribution in [2.45, 2.75) is 39.0 Å². The summed E-state index contributed by atoms with van der Waals surface area (Å²) in [5, 5.41) is 7.99. The lowest BCUT2D eigenvalue weighted by Crippen LogP contribution is -2.67. The number of ether oxygens (including phenoxy) is 1. The third-order valence-corrected chi connectivity index (χ3v) is 5.69. The third kappa shape index (κ3) is 2.57. The van der Waals surface area contributed by atoms with E-state index in [1.807, 2.05) is 7.05 Å². The quantitative estimate of drug-likeness (QED) is 0.689. The molecule has 116 valence electrons. The maximum atomic E-state index is 5.87. The number of fused-ring (bicyclic) bond motifs is 1. The highest BCUT2D eigenvalue weighted by Gasteiger charge is 2.59. The van der Waals surface area contributed by atoms with Gasteiger partial charge in [-0.2, -0.15) is 11.3 Å². The summed E-state index contributed by atoms with van der Waals surface area (Å²) >= 11 is 1.74. The van der Waals surface area contributed by atoms with Gasteiger partial charge in [0.15, 0.2) is 5.96 Å². The Kier molecular flexibility index (Phi) is 3.97. The summed E-state index contributed by atoms with van der Waals surface area (Å²) in [6, 6.07) is 2.62. The number of nitrogens with zero attached hydrogens (tertiary/aromatic N) is 2. The molecule has 2 fully saturated rings. The van der Waals surface area contributed by atoms with Crippen LogP contribution in [0.4, 0.5) is 0 Å². The fourth-order valence-electron chi connectivity index (χ4n) is 3.83. The third-order valence-electron chi connectivity index (χ3n) is 4.96. The largest absolute Gasteiger partial charge is 0.377 e. The van der Waals surface area contributed by atoms with Gasteiger partial charge in [0, 0.05) is 44.6 Å². The number of thiophene rings is 1. The number of guanidine groups is 1. The second-order valence-electron chi connectivity index (χ2n) is 6.72. The van der Waals surface area contributed by atoms with Gasteiger partial charge in [-0.25, -0.2) is 0 Å². The summed E-state index contributed by atoms with van der Waals surface area (Å²) < 4.78 is 5.87. The van der Waals surface area contributed by atoms with Gasteiger partial charge in [0.25, 0.3) is 0 Å². The molecule has 5 heteroatoms. The minimum absolute atomic E-state index is 0.181. The molecule has 0 aromatic carbocycles. The predicted octanol–water partition coefficient (Wildman–Crippen LogP) is 2.57. The second-order valence-corrected chi connectivity index (χ2v) is 7.50. The zero-order chi connectivity index (χ0) is 15.0. The van der Waals surface area contributed by atoms with E-state index in [1.165, 1.54) is 5.56 Å². The van der Waals surface area contributed by atoms with E-state index in [1.54, 1.807) is 11.3 Å². The van der Waals surface area contributed by atoms with Gasteiger partial charge in [-0.1, -0.05) is 13.8 Å². The molecule has 1 N–H and O–H groups in total. The van der Waals surface area contributed by atoms with Crippen LogP contribution in [0.3, 0.4) is 0 Å². The number of rotatable bonds is 3. The summed E-state index contributed by atoms with van der Waals surface area (Å²) in [6.07, 6.45) is 1.58. The van der Waals surface area contributed by atoms with Crippen LogP contribution in [0.1, 0.15) is 25.8 Å². The fourth-order valence-corrected chi connectivity index (χ4v) is 4.49. The molecule has 1 saturated heterocycles. The minimum atomic E-state index is 0.181. The van der Waals surface area contributed by atoms with E-state index in [2.05, 4.69) is 52.9 Å². The van der Waals surface area contributed by atoms with Crippen LogP contribution in [-0.4, -0.2) is 43.7 Å². The number of hydrogen-bond acceptors (Lipinski definition) is 3. The Morgan fingerprint density at radius 2 is 2.38 bits per heavy atom. The van der Waals surface area contributed by atoms with Crippen LogP contribution < -0.4 is 5.32 Å². The molecule has 0 spiro atoms. The number of hydrogen-bond donors (Lipinski definition) is 1. The molecule has 21 heavy (non-hydrogen) atoms. The first kappa shape index (κ1) is 14.9. The van der Waals surface area contributed by atoms with Gasteiger partial charge in [-0.05, 0) is 28.8 Å². The maximum Gasteiger partial charge on any atom is 0.193 e. The molecule has 0 radical (unpaired) electrons. The van der Waals surface area contributed by atoms with E-state index in [9.17, 15) is 0 Å². The molecule has 1 saturated carbocycles. The van der Waals surface area contributed by atoms with Gasteiger partial charge in [-0.3, -0.25) is 4.99 Å². The molecule has 0 bridgehead atoms. The van der Waals surface area contributed by atoms with Crippen LogP contribution in [0.2, 0.25) is 0 Å². The predicted molar refractivity (Wildman–Crippen MR) is 87.7 cm³/mol. The highest BCUT2D eigenvalue weighted by atomic mass is 32.1. The van der Waals surface area contributed by atoms with Gasteiger partial charge < -0.3 is 15.0 Å². The van der Waals surface area contributed by atoms with Crippen molar-refractivity contribution < 1.29 is 4.74 Å². The lowest BCUT2D eigenvalue weighted by atomic mass is 9.57. The molecule has 1 aliphatic carbocycles. The fraction of sp³-hybridized carbons (Fsp3) is 0.688. The summed E-state index contributed by atoms with van der Waals surface area (Å²) in [6.45, 7) is 6.38. The smallest absolute Gasteiger partial charge is 0.193 e. The lowest BCUT2D eigenvalue weighted by molar-refractivity contribution is -0.107. The van der Waals surface area contributed by atoms with Crippen LogP contribution in [0.25, 0.3) is 0 Å². The van der Waals surface area contributed by atoms with Crippen molar-refractivity contribution in [3.63, 3.8) is 0 Å². The SMILES string of the molecule is CN=C(NC1C2CCOC2C1(C)C)N(C)Cc1ccsc1. The summed E-state index contributed by atoms with van der Waals surface area (Å²) in [5.74, 6) is 1.61. The molecule has 4 nitrogen and oxygen atoms in total. The Morgan fingerprint density at radius 1 is 1.57 bits per heavy atom. The molecule has 3 rings (SSSR count). The first-order valence-corrected chi connectivity index (χ1v) is 8.55. The molecular weight excluding hydrogens is 282 g/mol. The normalized spacial score (nSPS) is 30.7. The Morgan fingerprint density at radius 3 is 3.05 bits per heavy atom. The van der Waals surface area contributed by atoms with Crippen LogP contribution in [0.5, 0.6) is 0 Å². The highest BCUT2D eigenvalue weighted by molar-refractivity contribution is 7.07. The van der Waals surface area contributed by atoms with Gasteiger partial charge in [0.1, 0.15) is 0 Å². The van der Waals surface area contributed by atoms with Crippen LogP contribution >= 0.6 is 11.3 Å². The topological polar surface area (TPSA) is 36.9 Å². The first-order valence-electron chi connectivity index (χ1n) is 7.61. The van der Waals surface area contributed by atoms with Crippen molar-refractivity contribution in [2.75, 3.05) is 20.7 Å². The number of nitrogens with one attached hydrogen (secondary N) is 1. The van der Waals surface area contributed by atoms with Crippen LogP contribution in [0.15, 0.2) is 21.8 Å². The van der Waals surface area contributed by atoms with E-state index in [-0.39, 0.29) is 5.41 Å². The van der Waals surface area contributed by atoms with E-state index >= 15 is 0 Å². The zero-order valence-electron chi connectivity index (χ0n) is 13.3. The van der Waals surface area contributed by atoms with E-state index < -0.39 is 0 Å². The summed E-state index contributed by atoms with van der Waals surface area (Å²) in [5.41, 5.74) is 1.51. The molecule has 0 amide bonds. The summed E-state index contributed by atoms with van der Waals surface area (Å²) in [7, 11) is 3.96. The highest BCUT2D eigenvalue weighted by Crippen LogP contribution is 2.52. The molecule has 2 aliphatic rings. The molecule has 1 aromatic rings. The van der Waals surface area contributed by atoms with Crippen molar-refractivity contribution >= 4 is 17.3 Å². The Balaban J connectivity index is 1.65. The Labute approximate surface area is 131 Å². The maximum absolute atomic E-state index is 5.87. The second kappa shape index (κ2) is 5.61. The van der Waals surface area contributed by atoms with Gasteiger partial charge in [-0.15, -0.1) is 0 Å². The standard InChI is InChI=1S/C16H25N3OS/c1-16(2)13(12-5-7-20-14(12)16)18-15(17-3)19(4)9-11-6-8-21-10-11/h6,8,10,12-14H,5,7,9H2,1-4H3,(H,17,18). The molecule has 1 aliphatic heterocycles. The monoisotopic (exact) mass is 307 g/mol. The van der Waals surface area contributed by atoms with Gasteiger partial charge in [0.2, 0.25) is 0 Å². The van der Waals surface area contributed by atoms with Gasteiger partial charge in [0.05, 0.1) is 6.10 Å². The van der Waals surface area contributed by atoms with E-state index in [4.69, 9.17) is 4.74 Å². The van der Waals surface area contributed by atoms with Crippen molar-refractivity contribution in [1.29, 1.82) is 0 Å². The van der Waals surface area contributed by atoms with Crippen LogP contribution in [-0.2, 0) is 11.3 Å². The average molecular weight is 307 g/mol. The van der Waals surface area contributed by atoms with Crippen molar-refractivity contribution in [1.82, 2.24) is 10.2 Å². The zero-order valence-corrected chi connectivity index (χ0v) is 14.1. The van der Waals surface area contributed by atoms with Crippen LogP contribution in [0, 0.1) is 11.3 Å². The minimum Gasteiger partial charge on any atom is -0.377 e. The van der Waals surface area contributed by atoms with Crippen molar-refractivity contribution in [3.05, 3.63) is 22.4 Å². The van der Waals surface area contributed by atoms with Gasteiger partial charge >= 0.3 is 0 Å². The number of aliphatic imine (C=N–C) groups is 1. The lowest BCUT2D eigenvalue weighted by Gasteiger charge is -2.55. The van der Waals surface area contributed by atoms with Crippen molar-refractivity contribution in [3.8, 4) is 0 Å². The van der Waals surface area contributed by atoms with Crippen molar-refractivity contribution in [2.24, 2.45) is 16.3 Å². The average Bonchev–Trinajstić information content (AvgIpc) is 3.09. The Bertz CT molecular complexity index is 512. The molecule has 3 unspecified atom stereocenters. The molecule has 3 atom stereocenters. The van der Waals surface area contributed by atoms with E-state index in [0.29, 0.717) is 18.1 Å². The molecular formula is C16H25N3OS. The summed E-state index contributed by atoms with van der Waals surface area (Å²) in [4.78, 5) is 6.66. The molecule has 1 aromatic heterocycles. The Hall–Kier alpha value is -1.07. The van der Waals surface area contributed by atoms with E-state index in [0.717, 1.165) is 25.5 Å². The molecule has 2 heterocycles. The first-order chi connectivity index (χ1) is 10.0.